The van der Waals surface area contributed by atoms with Gasteiger partial charge in [-0.3, -0.25) is 4.90 Å². The maximum Gasteiger partial charge on any atom is 0.127 e. The highest BCUT2D eigenvalue weighted by molar-refractivity contribution is 5.23. The van der Waals surface area contributed by atoms with E-state index in [2.05, 4.69) is 18.7 Å². The molecule has 0 radical (unpaired) electrons. The second kappa shape index (κ2) is 5.86. The van der Waals surface area contributed by atoms with E-state index < -0.39 is 0 Å². The van der Waals surface area contributed by atoms with Crippen molar-refractivity contribution in [1.82, 2.24) is 4.90 Å². The summed E-state index contributed by atoms with van der Waals surface area (Å²) in [6.45, 7) is 8.90. The van der Waals surface area contributed by atoms with E-state index in [1.807, 2.05) is 19.1 Å². The van der Waals surface area contributed by atoms with Gasteiger partial charge in [-0.2, -0.15) is 0 Å². The van der Waals surface area contributed by atoms with E-state index in [1.165, 1.54) is 0 Å². The Balaban J connectivity index is 2.70. The van der Waals surface area contributed by atoms with Crippen LogP contribution in [0.2, 0.25) is 0 Å². The fraction of sp³-hybridized carbons (Fsp3) is 0.538. The van der Waals surface area contributed by atoms with Gasteiger partial charge >= 0.3 is 0 Å². The van der Waals surface area contributed by atoms with E-state index in [0.717, 1.165) is 37.2 Å². The average molecular weight is 209 g/mol. The predicted octanol–water partition coefficient (Wildman–Crippen LogP) is 3.37. The smallest absolute Gasteiger partial charge is 0.127 e. The Labute approximate surface area is 91.9 Å². The molecule has 0 aliphatic heterocycles. The summed E-state index contributed by atoms with van der Waals surface area (Å²) in [7, 11) is 0. The van der Waals surface area contributed by atoms with Gasteiger partial charge in [0.15, 0.2) is 0 Å². The van der Waals surface area contributed by atoms with E-state index in [1.54, 1.807) is 6.07 Å². The number of rotatable bonds is 5. The van der Waals surface area contributed by atoms with Gasteiger partial charge in [-0.25, -0.2) is 4.39 Å². The molecule has 1 nitrogen and oxygen atoms in total. The first-order valence-electron chi connectivity index (χ1n) is 5.64. The summed E-state index contributed by atoms with van der Waals surface area (Å²) >= 11 is 0. The minimum absolute atomic E-state index is 0.0791. The van der Waals surface area contributed by atoms with Gasteiger partial charge in [0, 0.05) is 12.1 Å². The average Bonchev–Trinajstić information content (AvgIpc) is 2.21. The molecule has 1 aromatic carbocycles. The van der Waals surface area contributed by atoms with E-state index in [9.17, 15) is 4.39 Å². The number of nitrogens with zero attached hydrogens (tertiary/aromatic N) is 1. The lowest BCUT2D eigenvalue weighted by Crippen LogP contribution is -2.24. The molecular formula is C13H20FN. The quantitative estimate of drug-likeness (QED) is 0.718. The zero-order valence-corrected chi connectivity index (χ0v) is 9.89. The lowest BCUT2D eigenvalue weighted by atomic mass is 10.1. The van der Waals surface area contributed by atoms with Crippen LogP contribution in [0.1, 0.15) is 31.4 Å². The van der Waals surface area contributed by atoms with E-state index in [4.69, 9.17) is 0 Å². The first-order valence-corrected chi connectivity index (χ1v) is 5.64. The summed E-state index contributed by atoms with van der Waals surface area (Å²) in [5, 5.41) is 0. The van der Waals surface area contributed by atoms with E-state index >= 15 is 0 Å². The fourth-order valence-corrected chi connectivity index (χ4v) is 1.69. The minimum atomic E-state index is -0.0791. The Kier molecular flexibility index (Phi) is 4.76. The molecule has 2 heteroatoms. The Morgan fingerprint density at radius 3 is 2.53 bits per heavy atom. The summed E-state index contributed by atoms with van der Waals surface area (Å²) in [5.41, 5.74) is 1.78. The molecule has 0 atom stereocenters. The first kappa shape index (κ1) is 12.2. The van der Waals surface area contributed by atoms with Crippen LogP contribution in [0.5, 0.6) is 0 Å². The number of halogens is 1. The molecule has 0 aliphatic rings. The van der Waals surface area contributed by atoms with Crippen molar-refractivity contribution < 1.29 is 4.39 Å². The number of hydrogen-bond donors (Lipinski definition) is 0. The van der Waals surface area contributed by atoms with Gasteiger partial charge in [0.1, 0.15) is 5.82 Å². The molecule has 84 valence electrons. The normalized spacial score (nSPS) is 11.0. The molecule has 0 aromatic heterocycles. The van der Waals surface area contributed by atoms with Crippen LogP contribution in [0, 0.1) is 12.7 Å². The topological polar surface area (TPSA) is 3.24 Å². The molecular weight excluding hydrogens is 189 g/mol. The lowest BCUT2D eigenvalue weighted by molar-refractivity contribution is 0.276. The van der Waals surface area contributed by atoms with Gasteiger partial charge in [0.2, 0.25) is 0 Å². The molecule has 0 amide bonds. The van der Waals surface area contributed by atoms with Crippen LogP contribution in [0.15, 0.2) is 18.2 Å². The van der Waals surface area contributed by atoms with Crippen LogP contribution < -0.4 is 0 Å². The van der Waals surface area contributed by atoms with E-state index in [0.29, 0.717) is 0 Å². The van der Waals surface area contributed by atoms with Crippen LogP contribution in [0.3, 0.4) is 0 Å². The zero-order valence-electron chi connectivity index (χ0n) is 9.89. The van der Waals surface area contributed by atoms with Gasteiger partial charge < -0.3 is 0 Å². The van der Waals surface area contributed by atoms with Crippen molar-refractivity contribution in [2.45, 2.75) is 33.7 Å². The summed E-state index contributed by atoms with van der Waals surface area (Å²) in [5.74, 6) is -0.0791. The summed E-state index contributed by atoms with van der Waals surface area (Å²) in [6, 6.07) is 5.47. The summed E-state index contributed by atoms with van der Waals surface area (Å²) in [6.07, 6.45) is 1.11. The zero-order chi connectivity index (χ0) is 11.3. The highest BCUT2D eigenvalue weighted by Crippen LogP contribution is 2.12. The van der Waals surface area contributed by atoms with E-state index in [-0.39, 0.29) is 5.82 Å². The Morgan fingerprint density at radius 1 is 1.27 bits per heavy atom. The van der Waals surface area contributed by atoms with Crippen molar-refractivity contribution in [3.8, 4) is 0 Å². The maximum atomic E-state index is 13.6. The van der Waals surface area contributed by atoms with Gasteiger partial charge in [-0.15, -0.1) is 0 Å². The third-order valence-corrected chi connectivity index (χ3v) is 2.59. The molecule has 0 heterocycles. The number of aryl methyl sites for hydroxylation is 1. The van der Waals surface area contributed by atoms with Crippen LogP contribution >= 0.6 is 0 Å². The Morgan fingerprint density at radius 2 is 2.00 bits per heavy atom. The molecule has 1 rings (SSSR count). The highest BCUT2D eigenvalue weighted by Gasteiger charge is 2.06. The Hall–Kier alpha value is -0.890. The van der Waals surface area contributed by atoms with Gasteiger partial charge in [0.25, 0.3) is 0 Å². The van der Waals surface area contributed by atoms with Crippen molar-refractivity contribution in [3.05, 3.63) is 35.1 Å². The second-order valence-corrected chi connectivity index (χ2v) is 3.96. The Bertz CT molecular complexity index is 309. The van der Waals surface area contributed by atoms with Crippen molar-refractivity contribution in [3.63, 3.8) is 0 Å². The summed E-state index contributed by atoms with van der Waals surface area (Å²) in [4.78, 5) is 2.26. The molecule has 0 unspecified atom stereocenters. The molecule has 1 aromatic rings. The molecule has 0 N–H and O–H groups in total. The van der Waals surface area contributed by atoms with Crippen molar-refractivity contribution >= 4 is 0 Å². The van der Waals surface area contributed by atoms with Crippen LogP contribution in [-0.4, -0.2) is 18.0 Å². The van der Waals surface area contributed by atoms with Crippen molar-refractivity contribution in [2.75, 3.05) is 13.1 Å². The van der Waals surface area contributed by atoms with Gasteiger partial charge in [0.05, 0.1) is 0 Å². The molecule has 0 bridgehead atoms. The minimum Gasteiger partial charge on any atom is -0.299 e. The highest BCUT2D eigenvalue weighted by atomic mass is 19.1. The molecule has 15 heavy (non-hydrogen) atoms. The predicted molar refractivity (Wildman–Crippen MR) is 62.4 cm³/mol. The lowest BCUT2D eigenvalue weighted by Gasteiger charge is -2.19. The standard InChI is InChI=1S/C13H20FN/c1-4-8-15(5-2)10-12-7-6-11(3)9-13(12)14/h6-7,9H,4-5,8,10H2,1-3H3. The van der Waals surface area contributed by atoms with Gasteiger partial charge in [-0.1, -0.05) is 26.0 Å². The SMILES string of the molecule is CCCN(CC)Cc1ccc(C)cc1F. The van der Waals surface area contributed by atoms with Crippen molar-refractivity contribution in [2.24, 2.45) is 0 Å². The molecule has 0 fully saturated rings. The summed E-state index contributed by atoms with van der Waals surface area (Å²) < 4.78 is 13.6. The molecule has 0 aliphatic carbocycles. The van der Waals surface area contributed by atoms with Crippen LogP contribution in [-0.2, 0) is 6.54 Å². The van der Waals surface area contributed by atoms with Crippen molar-refractivity contribution in [1.29, 1.82) is 0 Å². The van der Waals surface area contributed by atoms with Gasteiger partial charge in [-0.05, 0) is 38.1 Å². The molecule has 0 spiro atoms. The van der Waals surface area contributed by atoms with Crippen LogP contribution in [0.25, 0.3) is 0 Å². The third-order valence-electron chi connectivity index (χ3n) is 2.59. The first-order chi connectivity index (χ1) is 7.17. The maximum absolute atomic E-state index is 13.6. The monoisotopic (exact) mass is 209 g/mol. The third kappa shape index (κ3) is 3.63. The molecule has 0 saturated heterocycles. The van der Waals surface area contributed by atoms with Crippen LogP contribution in [0.4, 0.5) is 4.39 Å². The fourth-order valence-electron chi connectivity index (χ4n) is 1.69. The number of hydrogen-bond acceptors (Lipinski definition) is 1. The second-order valence-electron chi connectivity index (χ2n) is 3.96. The molecule has 0 saturated carbocycles. The number of benzene rings is 1. The largest absolute Gasteiger partial charge is 0.299 e.